The van der Waals surface area contributed by atoms with Crippen molar-refractivity contribution in [3.8, 4) is 0 Å². The van der Waals surface area contributed by atoms with E-state index in [1.807, 2.05) is 43.9 Å². The molecule has 1 fully saturated rings. The molecule has 1 aliphatic heterocycles. The van der Waals surface area contributed by atoms with E-state index in [4.69, 9.17) is 0 Å². The van der Waals surface area contributed by atoms with Crippen LogP contribution in [0.15, 0.2) is 24.3 Å². The molecular weight excluding hydrogens is 302 g/mol. The first-order valence-electron chi connectivity index (χ1n) is 8.81. The first kappa shape index (κ1) is 18.5. The van der Waals surface area contributed by atoms with Gasteiger partial charge >= 0.3 is 0 Å². The number of nitrogens with zero attached hydrogens (tertiary/aromatic N) is 2. The van der Waals surface area contributed by atoms with E-state index < -0.39 is 6.04 Å². The van der Waals surface area contributed by atoms with E-state index in [0.717, 1.165) is 38.3 Å². The van der Waals surface area contributed by atoms with E-state index >= 15 is 0 Å². The Morgan fingerprint density at radius 1 is 1.17 bits per heavy atom. The van der Waals surface area contributed by atoms with Gasteiger partial charge in [-0.05, 0) is 31.5 Å². The molecule has 1 atom stereocenters. The normalized spacial score (nSPS) is 17.0. The number of hydrogen-bond acceptors (Lipinski definition) is 3. The predicted octanol–water partition coefficient (Wildman–Crippen LogP) is 1.91. The Hall–Kier alpha value is -1.88. The molecule has 1 aromatic carbocycles. The lowest BCUT2D eigenvalue weighted by Crippen LogP contribution is -2.56. The van der Waals surface area contributed by atoms with E-state index in [2.05, 4.69) is 17.1 Å². The summed E-state index contributed by atoms with van der Waals surface area (Å²) >= 11 is 0. The number of benzene rings is 1. The van der Waals surface area contributed by atoms with Crippen LogP contribution in [0, 0.1) is 12.8 Å². The quantitative estimate of drug-likeness (QED) is 0.897. The standard InChI is InChI=1S/C19H29N3O2/c1-5-21-9-11-22(12-10-21)19(24)17(14(2)3)20-18(23)16-8-6-7-15(4)13-16/h6-8,13-14,17H,5,9-12H2,1-4H3,(H,20,23). The van der Waals surface area contributed by atoms with Gasteiger partial charge in [-0.1, -0.05) is 38.5 Å². The highest BCUT2D eigenvalue weighted by Crippen LogP contribution is 2.11. The molecule has 0 aromatic heterocycles. The van der Waals surface area contributed by atoms with Crippen molar-refractivity contribution in [1.29, 1.82) is 0 Å². The fourth-order valence-corrected chi connectivity index (χ4v) is 3.01. The van der Waals surface area contributed by atoms with E-state index in [1.165, 1.54) is 0 Å². The summed E-state index contributed by atoms with van der Waals surface area (Å²) in [5.74, 6) is -0.102. The fraction of sp³-hybridized carbons (Fsp3) is 0.579. The zero-order valence-electron chi connectivity index (χ0n) is 15.2. The molecule has 1 saturated heterocycles. The molecular formula is C19H29N3O2. The number of rotatable bonds is 5. The van der Waals surface area contributed by atoms with Crippen LogP contribution in [0.3, 0.4) is 0 Å². The highest BCUT2D eigenvalue weighted by atomic mass is 16.2. The molecule has 0 bridgehead atoms. The summed E-state index contributed by atoms with van der Waals surface area (Å²) in [4.78, 5) is 29.6. The maximum atomic E-state index is 12.9. The first-order valence-corrected chi connectivity index (χ1v) is 8.81. The number of aryl methyl sites for hydroxylation is 1. The smallest absolute Gasteiger partial charge is 0.251 e. The SMILES string of the molecule is CCN1CCN(C(=O)C(NC(=O)c2cccc(C)c2)C(C)C)CC1. The Bertz CT molecular complexity index is 578. The Morgan fingerprint density at radius 3 is 2.38 bits per heavy atom. The van der Waals surface area contributed by atoms with Crippen LogP contribution in [0.2, 0.25) is 0 Å². The van der Waals surface area contributed by atoms with Crippen molar-refractivity contribution in [1.82, 2.24) is 15.1 Å². The molecule has 2 amide bonds. The number of hydrogen-bond donors (Lipinski definition) is 1. The molecule has 132 valence electrons. The molecule has 24 heavy (non-hydrogen) atoms. The number of nitrogens with one attached hydrogen (secondary N) is 1. The first-order chi connectivity index (χ1) is 11.4. The number of carbonyl (C=O) groups excluding carboxylic acids is 2. The summed E-state index contributed by atoms with van der Waals surface area (Å²) < 4.78 is 0. The summed E-state index contributed by atoms with van der Waals surface area (Å²) in [7, 11) is 0. The molecule has 0 aliphatic carbocycles. The lowest BCUT2D eigenvalue weighted by molar-refractivity contribution is -0.136. The van der Waals surface area contributed by atoms with E-state index in [0.29, 0.717) is 5.56 Å². The molecule has 0 spiro atoms. The van der Waals surface area contributed by atoms with Gasteiger partial charge < -0.3 is 15.1 Å². The zero-order valence-corrected chi connectivity index (χ0v) is 15.2. The molecule has 2 rings (SSSR count). The van der Waals surface area contributed by atoms with Crippen LogP contribution in [0.5, 0.6) is 0 Å². The maximum absolute atomic E-state index is 12.9. The van der Waals surface area contributed by atoms with E-state index in [9.17, 15) is 9.59 Å². The second kappa shape index (κ2) is 8.29. The van der Waals surface area contributed by atoms with E-state index in [1.54, 1.807) is 6.07 Å². The number of amides is 2. The van der Waals surface area contributed by atoms with Crippen LogP contribution in [0.4, 0.5) is 0 Å². The third-order valence-electron chi connectivity index (χ3n) is 4.63. The third-order valence-corrected chi connectivity index (χ3v) is 4.63. The summed E-state index contributed by atoms with van der Waals surface area (Å²) in [5.41, 5.74) is 1.63. The monoisotopic (exact) mass is 331 g/mol. The minimum absolute atomic E-state index is 0.0294. The van der Waals surface area contributed by atoms with Crippen molar-refractivity contribution >= 4 is 11.8 Å². The molecule has 5 heteroatoms. The summed E-state index contributed by atoms with van der Waals surface area (Å²) in [5, 5.41) is 2.94. The van der Waals surface area contributed by atoms with Gasteiger partial charge in [-0.25, -0.2) is 0 Å². The van der Waals surface area contributed by atoms with Crippen LogP contribution < -0.4 is 5.32 Å². The van der Waals surface area contributed by atoms with Crippen molar-refractivity contribution in [3.05, 3.63) is 35.4 Å². The minimum atomic E-state index is -0.480. The van der Waals surface area contributed by atoms with Crippen molar-refractivity contribution in [2.24, 2.45) is 5.92 Å². The molecule has 0 saturated carbocycles. The van der Waals surface area contributed by atoms with Gasteiger partial charge in [-0.2, -0.15) is 0 Å². The molecule has 0 radical (unpaired) electrons. The van der Waals surface area contributed by atoms with Crippen LogP contribution >= 0.6 is 0 Å². The van der Waals surface area contributed by atoms with Gasteiger partial charge in [-0.3, -0.25) is 9.59 Å². The molecule has 1 unspecified atom stereocenters. The van der Waals surface area contributed by atoms with Crippen LogP contribution in [-0.2, 0) is 4.79 Å². The largest absolute Gasteiger partial charge is 0.340 e. The Labute approximate surface area is 145 Å². The zero-order chi connectivity index (χ0) is 17.7. The minimum Gasteiger partial charge on any atom is -0.340 e. The molecule has 1 aromatic rings. The number of likely N-dealkylation sites (N-methyl/N-ethyl adjacent to an activating group) is 1. The van der Waals surface area contributed by atoms with Gasteiger partial charge in [0.15, 0.2) is 0 Å². The van der Waals surface area contributed by atoms with Crippen molar-refractivity contribution in [2.45, 2.75) is 33.7 Å². The van der Waals surface area contributed by atoms with Crippen molar-refractivity contribution in [2.75, 3.05) is 32.7 Å². The topological polar surface area (TPSA) is 52.6 Å². The molecule has 1 aliphatic rings. The van der Waals surface area contributed by atoms with E-state index in [-0.39, 0.29) is 17.7 Å². The summed E-state index contributed by atoms with van der Waals surface area (Å²) in [6, 6.07) is 6.96. The molecule has 5 nitrogen and oxygen atoms in total. The lowest BCUT2D eigenvalue weighted by atomic mass is 10.0. The highest BCUT2D eigenvalue weighted by Gasteiger charge is 2.30. The molecule has 1 heterocycles. The van der Waals surface area contributed by atoms with Gasteiger partial charge in [-0.15, -0.1) is 0 Å². The van der Waals surface area contributed by atoms with Crippen molar-refractivity contribution < 1.29 is 9.59 Å². The fourth-order valence-electron chi connectivity index (χ4n) is 3.01. The van der Waals surface area contributed by atoms with Crippen LogP contribution in [-0.4, -0.2) is 60.4 Å². The lowest BCUT2D eigenvalue weighted by Gasteiger charge is -2.36. The average Bonchev–Trinajstić information content (AvgIpc) is 2.58. The van der Waals surface area contributed by atoms with Crippen molar-refractivity contribution in [3.63, 3.8) is 0 Å². The Morgan fingerprint density at radius 2 is 1.83 bits per heavy atom. The average molecular weight is 331 g/mol. The second-order valence-electron chi connectivity index (χ2n) is 6.82. The van der Waals surface area contributed by atoms with Gasteiger partial charge in [0.2, 0.25) is 5.91 Å². The summed E-state index contributed by atoms with van der Waals surface area (Å²) in [6.07, 6.45) is 0. The maximum Gasteiger partial charge on any atom is 0.251 e. The Balaban J connectivity index is 2.03. The predicted molar refractivity (Wildman–Crippen MR) is 96.0 cm³/mol. The Kier molecular flexibility index (Phi) is 6.37. The van der Waals surface area contributed by atoms with Gasteiger partial charge in [0.05, 0.1) is 0 Å². The molecule has 1 N–H and O–H groups in total. The summed E-state index contributed by atoms with van der Waals surface area (Å²) in [6.45, 7) is 12.3. The number of carbonyl (C=O) groups is 2. The van der Waals surface area contributed by atoms with Crippen LogP contribution in [0.25, 0.3) is 0 Å². The van der Waals surface area contributed by atoms with Gasteiger partial charge in [0.25, 0.3) is 5.91 Å². The third kappa shape index (κ3) is 4.57. The van der Waals surface area contributed by atoms with Gasteiger partial charge in [0.1, 0.15) is 6.04 Å². The van der Waals surface area contributed by atoms with Crippen LogP contribution in [0.1, 0.15) is 36.7 Å². The number of piperazine rings is 1. The second-order valence-corrected chi connectivity index (χ2v) is 6.82. The van der Waals surface area contributed by atoms with Gasteiger partial charge in [0, 0.05) is 31.7 Å². The highest BCUT2D eigenvalue weighted by molar-refractivity contribution is 5.97.